The van der Waals surface area contributed by atoms with Crippen molar-refractivity contribution < 1.29 is 9.53 Å². The Bertz CT molecular complexity index is 411. The number of nitrogens with zero attached hydrogens (tertiary/aromatic N) is 1. The molecule has 1 aromatic heterocycles. The second-order valence-corrected chi connectivity index (χ2v) is 4.33. The van der Waals surface area contributed by atoms with E-state index in [4.69, 9.17) is 4.74 Å². The lowest BCUT2D eigenvalue weighted by molar-refractivity contribution is 0.0517. The predicted octanol–water partition coefficient (Wildman–Crippen LogP) is 1.95. The van der Waals surface area contributed by atoms with E-state index in [1.165, 1.54) is 25.0 Å². The number of aromatic amines is 1. The Morgan fingerprint density at radius 3 is 3.13 bits per heavy atom. The molecule has 2 aliphatic carbocycles. The second kappa shape index (κ2) is 3.08. The lowest BCUT2D eigenvalue weighted by atomic mass is 9.96. The van der Waals surface area contributed by atoms with Crippen LogP contribution in [0.2, 0.25) is 0 Å². The molecule has 0 aromatic carbocycles. The third-order valence-electron chi connectivity index (χ3n) is 3.55. The fourth-order valence-corrected chi connectivity index (χ4v) is 2.95. The molecule has 2 bridgehead atoms. The molecule has 2 unspecified atom stereocenters. The number of fused-ring (bicyclic) bond motifs is 5. The van der Waals surface area contributed by atoms with Gasteiger partial charge in [0.15, 0.2) is 5.69 Å². The van der Waals surface area contributed by atoms with Gasteiger partial charge >= 0.3 is 5.97 Å². The molecule has 4 nitrogen and oxygen atoms in total. The first-order chi connectivity index (χ1) is 7.31. The summed E-state index contributed by atoms with van der Waals surface area (Å²) in [4.78, 5) is 11.6. The minimum absolute atomic E-state index is 0.275. The fraction of sp³-hybridized carbons (Fsp3) is 0.636. The highest BCUT2D eigenvalue weighted by molar-refractivity contribution is 5.89. The third kappa shape index (κ3) is 1.14. The van der Waals surface area contributed by atoms with E-state index >= 15 is 0 Å². The van der Waals surface area contributed by atoms with E-state index in [1.807, 2.05) is 6.92 Å². The van der Waals surface area contributed by atoms with E-state index in [0.717, 1.165) is 5.56 Å². The van der Waals surface area contributed by atoms with Gasteiger partial charge in [-0.15, -0.1) is 0 Å². The first-order valence-electron chi connectivity index (χ1n) is 5.56. The number of hydrogen-bond acceptors (Lipinski definition) is 3. The number of carbonyl (C=O) groups excluding carboxylic acids is 1. The fourth-order valence-electron chi connectivity index (χ4n) is 2.95. The van der Waals surface area contributed by atoms with E-state index in [9.17, 15) is 4.79 Å². The van der Waals surface area contributed by atoms with Crippen LogP contribution in [0.15, 0.2) is 0 Å². The maximum absolute atomic E-state index is 11.6. The van der Waals surface area contributed by atoms with Crippen molar-refractivity contribution >= 4 is 5.97 Å². The highest BCUT2D eigenvalue weighted by Crippen LogP contribution is 2.53. The Kier molecular flexibility index (Phi) is 1.84. The van der Waals surface area contributed by atoms with Crippen molar-refractivity contribution in [1.29, 1.82) is 0 Å². The van der Waals surface area contributed by atoms with Crippen LogP contribution < -0.4 is 0 Å². The minimum Gasteiger partial charge on any atom is -0.461 e. The lowest BCUT2D eigenvalue weighted by Gasteiger charge is -2.09. The number of rotatable bonds is 2. The van der Waals surface area contributed by atoms with Crippen LogP contribution in [-0.2, 0) is 4.74 Å². The van der Waals surface area contributed by atoms with Gasteiger partial charge < -0.3 is 4.74 Å². The molecule has 4 heteroatoms. The first-order valence-corrected chi connectivity index (χ1v) is 5.56. The van der Waals surface area contributed by atoms with Gasteiger partial charge in [0.1, 0.15) is 0 Å². The minimum atomic E-state index is -0.275. The summed E-state index contributed by atoms with van der Waals surface area (Å²) in [5.41, 5.74) is 2.86. The second-order valence-electron chi connectivity index (χ2n) is 4.33. The Labute approximate surface area is 88.0 Å². The predicted molar refractivity (Wildman–Crippen MR) is 53.9 cm³/mol. The molecule has 2 aliphatic rings. The molecule has 1 N–H and O–H groups in total. The zero-order valence-corrected chi connectivity index (χ0v) is 8.75. The molecule has 1 fully saturated rings. The van der Waals surface area contributed by atoms with Crippen molar-refractivity contribution in [2.75, 3.05) is 6.61 Å². The van der Waals surface area contributed by atoms with Crippen LogP contribution >= 0.6 is 0 Å². The van der Waals surface area contributed by atoms with E-state index in [1.54, 1.807) is 0 Å². The Morgan fingerprint density at radius 2 is 2.33 bits per heavy atom. The molecule has 3 rings (SSSR count). The average Bonchev–Trinajstić information content (AvgIpc) is 2.90. The van der Waals surface area contributed by atoms with Crippen LogP contribution in [0.1, 0.15) is 59.8 Å². The zero-order chi connectivity index (χ0) is 10.4. The van der Waals surface area contributed by atoms with Crippen molar-refractivity contribution in [1.82, 2.24) is 10.2 Å². The summed E-state index contributed by atoms with van der Waals surface area (Å²) in [5.74, 6) is 0.881. The normalized spacial score (nSPS) is 26.7. The number of H-pyrrole nitrogens is 1. The third-order valence-corrected chi connectivity index (χ3v) is 3.55. The number of esters is 1. The van der Waals surface area contributed by atoms with E-state index in [2.05, 4.69) is 10.2 Å². The molecule has 0 spiro atoms. The average molecular weight is 206 g/mol. The molecule has 2 atom stereocenters. The molecule has 80 valence electrons. The molecule has 1 aromatic rings. The molecule has 0 amide bonds. The zero-order valence-electron chi connectivity index (χ0n) is 8.75. The Morgan fingerprint density at radius 1 is 1.53 bits per heavy atom. The van der Waals surface area contributed by atoms with Gasteiger partial charge in [0, 0.05) is 17.2 Å². The largest absolute Gasteiger partial charge is 0.461 e. The van der Waals surface area contributed by atoms with Crippen LogP contribution in [-0.4, -0.2) is 22.8 Å². The molecule has 1 heterocycles. The number of carbonyl (C=O) groups is 1. The number of ether oxygens (including phenoxy) is 1. The van der Waals surface area contributed by atoms with Crippen molar-refractivity contribution in [3.05, 3.63) is 17.0 Å². The van der Waals surface area contributed by atoms with Crippen LogP contribution in [0, 0.1) is 0 Å². The summed E-state index contributed by atoms with van der Waals surface area (Å²) in [6.07, 6.45) is 3.63. The van der Waals surface area contributed by atoms with Crippen LogP contribution in [0.5, 0.6) is 0 Å². The molecule has 0 saturated heterocycles. The van der Waals surface area contributed by atoms with Gasteiger partial charge in [0.2, 0.25) is 0 Å². The van der Waals surface area contributed by atoms with E-state index in [0.29, 0.717) is 24.1 Å². The number of hydrogen-bond donors (Lipinski definition) is 1. The Balaban J connectivity index is 1.99. The molecule has 15 heavy (non-hydrogen) atoms. The molecule has 0 aliphatic heterocycles. The van der Waals surface area contributed by atoms with Crippen molar-refractivity contribution in [3.8, 4) is 0 Å². The number of aromatic nitrogens is 2. The standard InChI is InChI=1S/C11H14N2O2/c1-2-15-11(14)10-8-6-3-4-7(5-6)9(8)12-13-10/h6-7H,2-5H2,1H3,(H,12,13). The smallest absolute Gasteiger partial charge is 0.359 e. The quantitative estimate of drug-likeness (QED) is 0.752. The number of nitrogens with one attached hydrogen (secondary N) is 1. The van der Waals surface area contributed by atoms with E-state index < -0.39 is 0 Å². The van der Waals surface area contributed by atoms with E-state index in [-0.39, 0.29) is 5.97 Å². The van der Waals surface area contributed by atoms with Gasteiger partial charge in [-0.25, -0.2) is 4.79 Å². The summed E-state index contributed by atoms with van der Waals surface area (Å²) in [5, 5.41) is 7.10. The summed E-state index contributed by atoms with van der Waals surface area (Å²) in [6, 6.07) is 0. The Hall–Kier alpha value is -1.32. The van der Waals surface area contributed by atoms with Gasteiger partial charge in [0.25, 0.3) is 0 Å². The van der Waals surface area contributed by atoms with Crippen LogP contribution in [0.3, 0.4) is 0 Å². The van der Waals surface area contributed by atoms with Gasteiger partial charge in [-0.2, -0.15) is 5.10 Å². The molecule has 0 radical (unpaired) electrons. The summed E-state index contributed by atoms with van der Waals surface area (Å²) in [6.45, 7) is 2.23. The summed E-state index contributed by atoms with van der Waals surface area (Å²) < 4.78 is 5.00. The summed E-state index contributed by atoms with van der Waals surface area (Å²) in [7, 11) is 0. The van der Waals surface area contributed by atoms with Crippen molar-refractivity contribution in [2.45, 2.75) is 38.0 Å². The molecular formula is C11H14N2O2. The molecular weight excluding hydrogens is 192 g/mol. The van der Waals surface area contributed by atoms with Crippen LogP contribution in [0.4, 0.5) is 0 Å². The maximum atomic E-state index is 11.6. The monoisotopic (exact) mass is 206 g/mol. The SMILES string of the molecule is CCOC(=O)c1n[nH]c2c1C1CCC2C1. The topological polar surface area (TPSA) is 55.0 Å². The van der Waals surface area contributed by atoms with Gasteiger partial charge in [-0.05, 0) is 32.1 Å². The highest BCUT2D eigenvalue weighted by Gasteiger charge is 2.42. The highest BCUT2D eigenvalue weighted by atomic mass is 16.5. The van der Waals surface area contributed by atoms with Gasteiger partial charge in [0.05, 0.1) is 6.61 Å². The summed E-state index contributed by atoms with van der Waals surface area (Å²) >= 11 is 0. The van der Waals surface area contributed by atoms with Crippen molar-refractivity contribution in [2.24, 2.45) is 0 Å². The van der Waals surface area contributed by atoms with Gasteiger partial charge in [-0.1, -0.05) is 0 Å². The maximum Gasteiger partial charge on any atom is 0.359 e. The van der Waals surface area contributed by atoms with Crippen molar-refractivity contribution in [3.63, 3.8) is 0 Å². The van der Waals surface area contributed by atoms with Gasteiger partial charge in [-0.3, -0.25) is 5.10 Å². The molecule has 1 saturated carbocycles. The van der Waals surface area contributed by atoms with Crippen LogP contribution in [0.25, 0.3) is 0 Å². The lowest BCUT2D eigenvalue weighted by Crippen LogP contribution is -2.09. The first kappa shape index (κ1) is 8.95.